The number of nitrogens with zero attached hydrogens (tertiary/aromatic N) is 1. The Bertz CT molecular complexity index is 827. The lowest BCUT2D eigenvalue weighted by atomic mass is 9.94. The van der Waals surface area contributed by atoms with Crippen LogP contribution in [-0.2, 0) is 14.8 Å². The van der Waals surface area contributed by atoms with E-state index < -0.39 is 10.0 Å². The van der Waals surface area contributed by atoms with E-state index in [9.17, 15) is 13.2 Å². The molecule has 1 saturated heterocycles. The van der Waals surface area contributed by atoms with Gasteiger partial charge in [-0.1, -0.05) is 43.3 Å². The van der Waals surface area contributed by atoms with Crippen LogP contribution in [-0.4, -0.2) is 38.3 Å². The van der Waals surface area contributed by atoms with Crippen molar-refractivity contribution in [1.82, 2.24) is 9.62 Å². The van der Waals surface area contributed by atoms with Crippen molar-refractivity contribution >= 4 is 27.3 Å². The molecule has 2 heterocycles. The van der Waals surface area contributed by atoms with Crippen LogP contribution in [0.15, 0.2) is 52.1 Å². The van der Waals surface area contributed by atoms with Gasteiger partial charge in [0.1, 0.15) is 4.21 Å². The van der Waals surface area contributed by atoms with Crippen molar-refractivity contribution in [3.63, 3.8) is 0 Å². The van der Waals surface area contributed by atoms with E-state index in [1.54, 1.807) is 17.5 Å². The second-order valence-electron chi connectivity index (χ2n) is 6.87. The minimum Gasteiger partial charge on any atom is -0.355 e. The summed E-state index contributed by atoms with van der Waals surface area (Å²) in [6.07, 6.45) is 2.10. The highest BCUT2D eigenvalue weighted by Gasteiger charge is 2.32. The van der Waals surface area contributed by atoms with Crippen molar-refractivity contribution in [2.45, 2.75) is 36.3 Å². The molecule has 3 rings (SSSR count). The molecule has 1 aliphatic heterocycles. The van der Waals surface area contributed by atoms with Crippen LogP contribution in [0.5, 0.6) is 0 Å². The average Bonchev–Trinajstić information content (AvgIpc) is 3.25. The quantitative estimate of drug-likeness (QED) is 0.766. The van der Waals surface area contributed by atoms with Gasteiger partial charge < -0.3 is 5.32 Å². The van der Waals surface area contributed by atoms with Gasteiger partial charge in [-0.3, -0.25) is 4.79 Å². The van der Waals surface area contributed by atoms with Gasteiger partial charge in [-0.2, -0.15) is 4.31 Å². The molecule has 2 aromatic rings. The zero-order chi connectivity index (χ0) is 19.3. The summed E-state index contributed by atoms with van der Waals surface area (Å²) in [6, 6.07) is 13.6. The van der Waals surface area contributed by atoms with E-state index in [0.717, 1.165) is 6.42 Å². The predicted octanol–water partition coefficient (Wildman–Crippen LogP) is 3.46. The lowest BCUT2D eigenvalue weighted by molar-refractivity contribution is -0.126. The third-order valence-corrected chi connectivity index (χ3v) is 8.47. The summed E-state index contributed by atoms with van der Waals surface area (Å²) in [6.45, 7) is 3.53. The van der Waals surface area contributed by atoms with E-state index in [1.165, 1.54) is 21.2 Å². The van der Waals surface area contributed by atoms with E-state index in [0.29, 0.717) is 42.6 Å². The first-order valence-electron chi connectivity index (χ1n) is 9.38. The zero-order valence-corrected chi connectivity index (χ0v) is 17.1. The normalized spacial score (nSPS) is 17.5. The monoisotopic (exact) mass is 406 g/mol. The second kappa shape index (κ2) is 8.99. The zero-order valence-electron chi connectivity index (χ0n) is 15.5. The minimum atomic E-state index is -3.41. The number of hydrogen-bond donors (Lipinski definition) is 1. The lowest BCUT2D eigenvalue weighted by Crippen LogP contribution is -2.43. The standard InChI is InChI=1S/C20H26N2O3S2/c1-2-16(17-7-4-3-5-8-17)15-21-20(23)18-10-12-22(13-11-18)27(24,25)19-9-6-14-26-19/h3-9,14,16,18H,2,10-13,15H2,1H3,(H,21,23). The molecule has 7 heteroatoms. The number of hydrogen-bond acceptors (Lipinski definition) is 4. The largest absolute Gasteiger partial charge is 0.355 e. The van der Waals surface area contributed by atoms with Crippen molar-refractivity contribution < 1.29 is 13.2 Å². The molecule has 0 bridgehead atoms. The molecule has 0 spiro atoms. The molecule has 1 aromatic heterocycles. The van der Waals surface area contributed by atoms with Crippen molar-refractivity contribution in [3.05, 3.63) is 53.4 Å². The van der Waals surface area contributed by atoms with Gasteiger partial charge in [-0.05, 0) is 36.3 Å². The Morgan fingerprint density at radius 1 is 1.19 bits per heavy atom. The Kier molecular flexibility index (Phi) is 6.68. The highest BCUT2D eigenvalue weighted by atomic mass is 32.2. The number of thiophene rings is 1. The first-order chi connectivity index (χ1) is 13.0. The topological polar surface area (TPSA) is 66.5 Å². The molecule has 1 aliphatic rings. The fourth-order valence-electron chi connectivity index (χ4n) is 3.49. The van der Waals surface area contributed by atoms with Crippen LogP contribution < -0.4 is 5.32 Å². The summed E-state index contributed by atoms with van der Waals surface area (Å²) >= 11 is 1.23. The Morgan fingerprint density at radius 3 is 2.48 bits per heavy atom. The SMILES string of the molecule is CCC(CNC(=O)C1CCN(S(=O)(=O)c2cccs2)CC1)c1ccccc1. The van der Waals surface area contributed by atoms with Crippen LogP contribution in [0.1, 0.15) is 37.7 Å². The molecule has 0 saturated carbocycles. The molecular weight excluding hydrogens is 380 g/mol. The summed E-state index contributed by atoms with van der Waals surface area (Å²) in [7, 11) is -3.41. The summed E-state index contributed by atoms with van der Waals surface area (Å²) in [5.41, 5.74) is 1.23. The van der Waals surface area contributed by atoms with Crippen LogP contribution in [0.25, 0.3) is 0 Å². The predicted molar refractivity (Wildman–Crippen MR) is 108 cm³/mol. The Morgan fingerprint density at radius 2 is 1.89 bits per heavy atom. The highest BCUT2D eigenvalue weighted by Crippen LogP contribution is 2.26. The van der Waals surface area contributed by atoms with Gasteiger partial charge in [0, 0.05) is 31.5 Å². The van der Waals surface area contributed by atoms with Crippen LogP contribution >= 0.6 is 11.3 Å². The molecule has 0 aliphatic carbocycles. The van der Waals surface area contributed by atoms with Gasteiger partial charge in [0.15, 0.2) is 0 Å². The van der Waals surface area contributed by atoms with E-state index in [2.05, 4.69) is 24.4 Å². The maximum Gasteiger partial charge on any atom is 0.252 e. The van der Waals surface area contributed by atoms with E-state index in [-0.39, 0.29) is 11.8 Å². The van der Waals surface area contributed by atoms with Gasteiger partial charge in [0.25, 0.3) is 10.0 Å². The number of amides is 1. The maximum atomic E-state index is 12.6. The number of piperidine rings is 1. The number of carbonyl (C=O) groups excluding carboxylic acids is 1. The summed E-state index contributed by atoms with van der Waals surface area (Å²) in [5, 5.41) is 4.85. The first kappa shape index (κ1) is 20.0. The van der Waals surface area contributed by atoms with Gasteiger partial charge in [-0.15, -0.1) is 11.3 Å². The smallest absolute Gasteiger partial charge is 0.252 e. The van der Waals surface area contributed by atoms with Crippen LogP contribution in [0, 0.1) is 5.92 Å². The van der Waals surface area contributed by atoms with Crippen molar-refractivity contribution in [2.75, 3.05) is 19.6 Å². The molecule has 0 radical (unpaired) electrons. The number of sulfonamides is 1. The Labute approximate surface area is 165 Å². The lowest BCUT2D eigenvalue weighted by Gasteiger charge is -2.30. The van der Waals surface area contributed by atoms with Crippen molar-refractivity contribution in [3.8, 4) is 0 Å². The third kappa shape index (κ3) is 4.78. The number of benzene rings is 1. The second-order valence-corrected chi connectivity index (χ2v) is 9.98. The molecule has 1 unspecified atom stereocenters. The van der Waals surface area contributed by atoms with Crippen LogP contribution in [0.4, 0.5) is 0 Å². The van der Waals surface area contributed by atoms with Crippen LogP contribution in [0.3, 0.4) is 0 Å². The average molecular weight is 407 g/mol. The van der Waals surface area contributed by atoms with E-state index in [1.807, 2.05) is 18.2 Å². The summed E-state index contributed by atoms with van der Waals surface area (Å²) < 4.78 is 27.0. The van der Waals surface area contributed by atoms with E-state index in [4.69, 9.17) is 0 Å². The number of rotatable bonds is 7. The van der Waals surface area contributed by atoms with Crippen molar-refractivity contribution in [2.24, 2.45) is 5.92 Å². The fourth-order valence-corrected chi connectivity index (χ4v) is 6.10. The summed E-state index contributed by atoms with van der Waals surface area (Å²) in [5.74, 6) is 0.222. The van der Waals surface area contributed by atoms with Gasteiger partial charge in [0.05, 0.1) is 0 Å². The molecule has 1 N–H and O–H groups in total. The number of nitrogens with one attached hydrogen (secondary N) is 1. The molecule has 146 valence electrons. The minimum absolute atomic E-state index is 0.0394. The Balaban J connectivity index is 1.51. The molecule has 1 atom stereocenters. The van der Waals surface area contributed by atoms with Crippen LogP contribution in [0.2, 0.25) is 0 Å². The Hall–Kier alpha value is -1.70. The highest BCUT2D eigenvalue weighted by molar-refractivity contribution is 7.91. The fraction of sp³-hybridized carbons (Fsp3) is 0.450. The first-order valence-corrected chi connectivity index (χ1v) is 11.7. The number of carbonyl (C=O) groups is 1. The molecule has 27 heavy (non-hydrogen) atoms. The maximum absolute atomic E-state index is 12.6. The van der Waals surface area contributed by atoms with E-state index >= 15 is 0 Å². The van der Waals surface area contributed by atoms with Gasteiger partial charge in [0.2, 0.25) is 5.91 Å². The molecular formula is C20H26N2O3S2. The van der Waals surface area contributed by atoms with Gasteiger partial charge in [-0.25, -0.2) is 8.42 Å². The molecule has 1 aromatic carbocycles. The third-order valence-electron chi connectivity index (χ3n) is 5.20. The summed E-state index contributed by atoms with van der Waals surface area (Å²) in [4.78, 5) is 12.6. The molecule has 1 amide bonds. The van der Waals surface area contributed by atoms with Gasteiger partial charge >= 0.3 is 0 Å². The molecule has 5 nitrogen and oxygen atoms in total. The van der Waals surface area contributed by atoms with Crippen molar-refractivity contribution in [1.29, 1.82) is 0 Å². The molecule has 1 fully saturated rings.